The number of anilines is 1. The molecule has 0 radical (unpaired) electrons. The van der Waals surface area contributed by atoms with E-state index in [0.29, 0.717) is 11.4 Å². The highest BCUT2D eigenvalue weighted by molar-refractivity contribution is 5.87. The van der Waals surface area contributed by atoms with Crippen LogP contribution in [-0.4, -0.2) is 34.8 Å². The van der Waals surface area contributed by atoms with Crippen molar-refractivity contribution in [3.63, 3.8) is 0 Å². The quantitative estimate of drug-likeness (QED) is 0.756. The van der Waals surface area contributed by atoms with E-state index in [0.717, 1.165) is 11.3 Å². The minimum atomic E-state index is -1.28. The molecule has 0 amide bonds. The molecule has 1 aromatic heterocycles. The van der Waals surface area contributed by atoms with Gasteiger partial charge in [0, 0.05) is 37.7 Å². The molecule has 6 nitrogen and oxygen atoms in total. The van der Waals surface area contributed by atoms with Crippen LogP contribution in [0.5, 0.6) is 5.75 Å². The summed E-state index contributed by atoms with van der Waals surface area (Å²) in [5.74, 6) is -1.18. The first-order valence-electron chi connectivity index (χ1n) is 7.94. The fraction of sp³-hybridized carbons (Fsp3) is 0.100. The number of aromatic nitrogens is 1. The van der Waals surface area contributed by atoms with Crippen LogP contribution in [0.3, 0.4) is 0 Å². The Morgan fingerprint density at radius 3 is 2.15 bits per heavy atom. The van der Waals surface area contributed by atoms with Crippen LogP contribution < -0.4 is 10.3 Å². The van der Waals surface area contributed by atoms with Crippen LogP contribution in [0.2, 0.25) is 0 Å². The molecule has 1 heterocycles. The highest BCUT2D eigenvalue weighted by Crippen LogP contribution is 2.25. The summed E-state index contributed by atoms with van der Waals surface area (Å²) in [6.45, 7) is 0. The summed E-state index contributed by atoms with van der Waals surface area (Å²) in [5.41, 5.74) is 2.12. The second kappa shape index (κ2) is 6.76. The molecule has 0 atom stereocenters. The highest BCUT2D eigenvalue weighted by Gasteiger charge is 2.15. The lowest BCUT2D eigenvalue weighted by Gasteiger charge is -2.17. The molecular weight excluding hydrogens is 332 g/mol. The Hall–Kier alpha value is -3.54. The molecule has 3 aromatic rings. The van der Waals surface area contributed by atoms with E-state index in [9.17, 15) is 19.8 Å². The minimum Gasteiger partial charge on any atom is -0.508 e. The smallest absolute Gasteiger partial charge is 0.341 e. The van der Waals surface area contributed by atoms with Crippen LogP contribution in [-0.2, 0) is 0 Å². The lowest BCUT2D eigenvalue weighted by atomic mass is 10.1. The molecule has 0 bridgehead atoms. The maximum Gasteiger partial charge on any atom is 0.341 e. The van der Waals surface area contributed by atoms with Crippen molar-refractivity contribution in [1.82, 2.24) is 4.57 Å². The van der Waals surface area contributed by atoms with Crippen LogP contribution >= 0.6 is 0 Å². The van der Waals surface area contributed by atoms with E-state index < -0.39 is 11.4 Å². The van der Waals surface area contributed by atoms with E-state index in [1.807, 2.05) is 43.3 Å². The van der Waals surface area contributed by atoms with Crippen molar-refractivity contribution in [3.05, 3.63) is 76.6 Å². The Morgan fingerprint density at radius 1 is 1.00 bits per heavy atom. The van der Waals surface area contributed by atoms with Crippen molar-refractivity contribution < 1.29 is 15.0 Å². The van der Waals surface area contributed by atoms with Crippen LogP contribution in [0, 0.1) is 0 Å². The standard InChI is InChI=1S/C20H18N2O4/c1-21(2)14-5-3-13(4-6-14)18-11-19(24)17(20(25)26)12-22(18)15-7-9-16(23)10-8-15/h3-12,23H,1-2H3,(H,25,26). The van der Waals surface area contributed by atoms with Gasteiger partial charge in [-0.05, 0) is 42.0 Å². The summed E-state index contributed by atoms with van der Waals surface area (Å²) < 4.78 is 1.63. The number of carboxylic acid groups (broad SMARTS) is 1. The molecule has 26 heavy (non-hydrogen) atoms. The zero-order valence-electron chi connectivity index (χ0n) is 14.4. The zero-order chi connectivity index (χ0) is 18.8. The number of carbonyl (C=O) groups is 1. The first kappa shape index (κ1) is 17.3. The molecule has 0 saturated carbocycles. The summed E-state index contributed by atoms with van der Waals surface area (Å²) >= 11 is 0. The SMILES string of the molecule is CN(C)c1ccc(-c2cc(=O)c(C(=O)O)cn2-c2ccc(O)cc2)cc1. The van der Waals surface area contributed by atoms with E-state index in [-0.39, 0.29) is 11.3 Å². The Labute approximate surface area is 150 Å². The summed E-state index contributed by atoms with van der Waals surface area (Å²) in [6, 6.07) is 15.2. The molecule has 2 aromatic carbocycles. The number of hydrogen-bond acceptors (Lipinski definition) is 4. The van der Waals surface area contributed by atoms with Crippen LogP contribution in [0.15, 0.2) is 65.6 Å². The number of rotatable bonds is 4. The third kappa shape index (κ3) is 3.30. The van der Waals surface area contributed by atoms with Gasteiger partial charge in [0.1, 0.15) is 11.3 Å². The number of phenols is 1. The molecule has 0 saturated heterocycles. The molecule has 6 heteroatoms. The van der Waals surface area contributed by atoms with Crippen molar-refractivity contribution in [2.75, 3.05) is 19.0 Å². The molecule has 132 valence electrons. The zero-order valence-corrected chi connectivity index (χ0v) is 14.4. The lowest BCUT2D eigenvalue weighted by Crippen LogP contribution is -2.18. The largest absolute Gasteiger partial charge is 0.508 e. The highest BCUT2D eigenvalue weighted by atomic mass is 16.4. The first-order valence-corrected chi connectivity index (χ1v) is 7.94. The van der Waals surface area contributed by atoms with Gasteiger partial charge in [0.25, 0.3) is 0 Å². The second-order valence-electron chi connectivity index (χ2n) is 6.07. The minimum absolute atomic E-state index is 0.102. The molecule has 0 fully saturated rings. The van der Waals surface area contributed by atoms with Gasteiger partial charge in [0.2, 0.25) is 0 Å². The van der Waals surface area contributed by atoms with Gasteiger partial charge in [0.05, 0.1) is 5.69 Å². The van der Waals surface area contributed by atoms with E-state index >= 15 is 0 Å². The topological polar surface area (TPSA) is 82.8 Å². The molecule has 3 rings (SSSR count). The summed E-state index contributed by atoms with van der Waals surface area (Å²) in [6.07, 6.45) is 1.31. The van der Waals surface area contributed by atoms with Gasteiger partial charge in [-0.25, -0.2) is 4.79 Å². The molecule has 0 aliphatic carbocycles. The normalized spacial score (nSPS) is 10.5. The van der Waals surface area contributed by atoms with Crippen molar-refractivity contribution in [2.24, 2.45) is 0 Å². The average Bonchev–Trinajstić information content (AvgIpc) is 2.62. The number of pyridine rings is 1. The summed E-state index contributed by atoms with van der Waals surface area (Å²) in [5, 5.41) is 18.8. The number of aromatic hydroxyl groups is 1. The fourth-order valence-electron chi connectivity index (χ4n) is 2.67. The van der Waals surface area contributed by atoms with Crippen LogP contribution in [0.4, 0.5) is 5.69 Å². The van der Waals surface area contributed by atoms with Crippen molar-refractivity contribution >= 4 is 11.7 Å². The number of nitrogens with zero attached hydrogens (tertiary/aromatic N) is 2. The first-order chi connectivity index (χ1) is 12.4. The van der Waals surface area contributed by atoms with Crippen molar-refractivity contribution in [3.8, 4) is 22.7 Å². The van der Waals surface area contributed by atoms with E-state index in [1.54, 1.807) is 16.7 Å². The second-order valence-corrected chi connectivity index (χ2v) is 6.07. The summed E-state index contributed by atoms with van der Waals surface area (Å²) in [7, 11) is 3.87. The van der Waals surface area contributed by atoms with E-state index in [2.05, 4.69) is 0 Å². The van der Waals surface area contributed by atoms with Gasteiger partial charge in [-0.15, -0.1) is 0 Å². The average molecular weight is 350 g/mol. The van der Waals surface area contributed by atoms with Gasteiger partial charge >= 0.3 is 5.97 Å². The van der Waals surface area contributed by atoms with Gasteiger partial charge in [-0.1, -0.05) is 12.1 Å². The Kier molecular flexibility index (Phi) is 4.49. The molecule has 0 unspecified atom stereocenters. The van der Waals surface area contributed by atoms with Gasteiger partial charge in [0.15, 0.2) is 5.43 Å². The Bertz CT molecular complexity index is 1000. The summed E-state index contributed by atoms with van der Waals surface area (Å²) in [4.78, 5) is 25.6. The number of phenolic OH excluding ortho intramolecular Hbond substituents is 1. The third-order valence-electron chi connectivity index (χ3n) is 4.09. The number of aromatic carboxylic acids is 1. The maximum absolute atomic E-state index is 12.2. The Morgan fingerprint density at radius 2 is 1.62 bits per heavy atom. The molecule has 2 N–H and O–H groups in total. The van der Waals surface area contributed by atoms with E-state index in [4.69, 9.17) is 0 Å². The van der Waals surface area contributed by atoms with Crippen LogP contribution in [0.1, 0.15) is 10.4 Å². The molecule has 0 aliphatic heterocycles. The fourth-order valence-corrected chi connectivity index (χ4v) is 2.67. The molecule has 0 aliphatic rings. The third-order valence-corrected chi connectivity index (χ3v) is 4.09. The molecule has 0 spiro atoms. The van der Waals surface area contributed by atoms with Crippen LogP contribution in [0.25, 0.3) is 16.9 Å². The predicted molar refractivity (Wildman–Crippen MR) is 100 cm³/mol. The van der Waals surface area contributed by atoms with Gasteiger partial charge in [-0.3, -0.25) is 4.79 Å². The van der Waals surface area contributed by atoms with Crippen molar-refractivity contribution in [2.45, 2.75) is 0 Å². The number of carboxylic acids is 1. The maximum atomic E-state index is 12.2. The predicted octanol–water partition coefficient (Wildman–Crippen LogP) is 2.97. The van der Waals surface area contributed by atoms with Gasteiger partial charge in [-0.2, -0.15) is 0 Å². The van der Waals surface area contributed by atoms with Crippen molar-refractivity contribution in [1.29, 1.82) is 0 Å². The molecular formula is C20H18N2O4. The van der Waals surface area contributed by atoms with E-state index in [1.165, 1.54) is 24.4 Å². The lowest BCUT2D eigenvalue weighted by molar-refractivity contribution is 0.0695. The monoisotopic (exact) mass is 350 g/mol. The van der Waals surface area contributed by atoms with Gasteiger partial charge < -0.3 is 19.7 Å². The Balaban J connectivity index is 2.23. The number of hydrogen-bond donors (Lipinski definition) is 2. The number of benzene rings is 2.